The zero-order chi connectivity index (χ0) is 11.3. The molecule has 2 aliphatic heterocycles. The molecule has 3 rings (SSSR count). The Hall–Kier alpha value is -0.610. The van der Waals surface area contributed by atoms with Crippen LogP contribution in [0.4, 0.5) is 5.13 Å². The highest BCUT2D eigenvalue weighted by Crippen LogP contribution is 2.43. The summed E-state index contributed by atoms with van der Waals surface area (Å²) >= 11 is 1.78. The quantitative estimate of drug-likeness (QED) is 0.808. The van der Waals surface area contributed by atoms with Crippen molar-refractivity contribution in [3.05, 3.63) is 11.1 Å². The maximum atomic E-state index is 4.64. The third kappa shape index (κ3) is 1.39. The van der Waals surface area contributed by atoms with Crippen LogP contribution in [0, 0.1) is 18.8 Å². The molecule has 0 aliphatic carbocycles. The van der Waals surface area contributed by atoms with E-state index in [4.69, 9.17) is 0 Å². The zero-order valence-corrected chi connectivity index (χ0v) is 11.0. The van der Waals surface area contributed by atoms with Gasteiger partial charge in [-0.25, -0.2) is 4.98 Å². The van der Waals surface area contributed by atoms with E-state index in [9.17, 15) is 0 Å². The van der Waals surface area contributed by atoms with Crippen molar-refractivity contribution in [2.45, 2.75) is 26.3 Å². The summed E-state index contributed by atoms with van der Waals surface area (Å²) in [6, 6.07) is 0. The van der Waals surface area contributed by atoms with Gasteiger partial charge in [-0.3, -0.25) is 0 Å². The van der Waals surface area contributed by atoms with Gasteiger partial charge in [-0.05, 0) is 32.6 Å². The number of aromatic nitrogens is 1. The lowest BCUT2D eigenvalue weighted by Crippen LogP contribution is -2.44. The largest absolute Gasteiger partial charge is 0.342 e. The zero-order valence-electron chi connectivity index (χ0n) is 10.2. The van der Waals surface area contributed by atoms with Crippen molar-refractivity contribution < 1.29 is 0 Å². The summed E-state index contributed by atoms with van der Waals surface area (Å²) in [5.41, 5.74) is 1.39. The average molecular weight is 237 g/mol. The lowest BCUT2D eigenvalue weighted by molar-refractivity contribution is 0.357. The minimum absolute atomic E-state index is 0.248. The first-order valence-electron chi connectivity index (χ1n) is 5.99. The van der Waals surface area contributed by atoms with E-state index >= 15 is 0 Å². The van der Waals surface area contributed by atoms with E-state index in [-0.39, 0.29) is 5.54 Å². The highest BCUT2D eigenvalue weighted by atomic mass is 32.1. The molecule has 4 heteroatoms. The molecule has 0 radical (unpaired) electrons. The maximum Gasteiger partial charge on any atom is 0.185 e. The number of fused-ring (bicyclic) bond motifs is 1. The van der Waals surface area contributed by atoms with Crippen LogP contribution in [-0.4, -0.2) is 30.2 Å². The fourth-order valence-electron chi connectivity index (χ4n) is 3.21. The first kappa shape index (κ1) is 10.5. The van der Waals surface area contributed by atoms with Crippen LogP contribution in [0.15, 0.2) is 5.38 Å². The van der Waals surface area contributed by atoms with Crippen LogP contribution >= 0.6 is 11.3 Å². The molecule has 2 atom stereocenters. The molecule has 2 unspecified atom stereocenters. The molecule has 1 aromatic rings. The van der Waals surface area contributed by atoms with Gasteiger partial charge in [0.15, 0.2) is 5.13 Å². The standard InChI is InChI=1S/C12H19N3S/c1-8-7-16-11(14-8)15-6-9-4-13-5-10(9)12(15,2)3/h7,9-10,13H,4-6H2,1-3H3. The fraction of sp³-hybridized carbons (Fsp3) is 0.750. The number of nitrogens with zero attached hydrogens (tertiary/aromatic N) is 2. The highest BCUT2D eigenvalue weighted by Gasteiger charge is 2.50. The first-order chi connectivity index (χ1) is 7.59. The molecular formula is C12H19N3S. The second-order valence-corrected chi connectivity index (χ2v) is 6.40. The van der Waals surface area contributed by atoms with Crippen LogP contribution in [-0.2, 0) is 0 Å². The summed E-state index contributed by atoms with van der Waals surface area (Å²) in [5.74, 6) is 1.58. The number of anilines is 1. The Morgan fingerprint density at radius 1 is 1.50 bits per heavy atom. The molecule has 0 aromatic carbocycles. The van der Waals surface area contributed by atoms with Gasteiger partial charge in [-0.2, -0.15) is 0 Å². The van der Waals surface area contributed by atoms with Crippen LogP contribution in [0.1, 0.15) is 19.5 Å². The van der Waals surface area contributed by atoms with Gasteiger partial charge in [0, 0.05) is 30.6 Å². The van der Waals surface area contributed by atoms with Gasteiger partial charge < -0.3 is 10.2 Å². The molecule has 3 heterocycles. The summed E-state index contributed by atoms with van der Waals surface area (Å²) in [6.45, 7) is 10.3. The van der Waals surface area contributed by atoms with Crippen molar-refractivity contribution in [3.8, 4) is 0 Å². The number of aryl methyl sites for hydroxylation is 1. The lowest BCUT2D eigenvalue weighted by Gasteiger charge is -2.35. The molecule has 1 N–H and O–H groups in total. The monoisotopic (exact) mass is 237 g/mol. The predicted molar refractivity (Wildman–Crippen MR) is 68.1 cm³/mol. The van der Waals surface area contributed by atoms with Gasteiger partial charge in [0.2, 0.25) is 0 Å². The second-order valence-electron chi connectivity index (χ2n) is 5.56. The second kappa shape index (κ2) is 3.44. The van der Waals surface area contributed by atoms with E-state index in [0.717, 1.165) is 24.1 Å². The van der Waals surface area contributed by atoms with Gasteiger partial charge in [0.25, 0.3) is 0 Å². The number of hydrogen-bond acceptors (Lipinski definition) is 4. The van der Waals surface area contributed by atoms with Crippen molar-refractivity contribution >= 4 is 16.5 Å². The van der Waals surface area contributed by atoms with Crippen LogP contribution in [0.3, 0.4) is 0 Å². The molecule has 0 spiro atoms. The molecule has 16 heavy (non-hydrogen) atoms. The minimum Gasteiger partial charge on any atom is -0.342 e. The summed E-state index contributed by atoms with van der Waals surface area (Å²) in [5, 5.41) is 6.87. The lowest BCUT2D eigenvalue weighted by atomic mass is 9.85. The maximum absolute atomic E-state index is 4.64. The van der Waals surface area contributed by atoms with Crippen molar-refractivity contribution in [3.63, 3.8) is 0 Å². The van der Waals surface area contributed by atoms with Gasteiger partial charge in [-0.15, -0.1) is 11.3 Å². The number of thiazole rings is 1. The van der Waals surface area contributed by atoms with E-state index in [1.165, 1.54) is 18.2 Å². The third-order valence-corrected chi connectivity index (χ3v) is 5.18. The smallest absolute Gasteiger partial charge is 0.185 e. The van der Waals surface area contributed by atoms with Crippen LogP contribution in [0.2, 0.25) is 0 Å². The number of nitrogens with one attached hydrogen (secondary N) is 1. The number of hydrogen-bond donors (Lipinski definition) is 1. The summed E-state index contributed by atoms with van der Waals surface area (Å²) in [7, 11) is 0. The summed E-state index contributed by atoms with van der Waals surface area (Å²) in [6.07, 6.45) is 0. The summed E-state index contributed by atoms with van der Waals surface area (Å²) < 4.78 is 0. The molecule has 0 bridgehead atoms. The van der Waals surface area contributed by atoms with E-state index in [1.54, 1.807) is 11.3 Å². The minimum atomic E-state index is 0.248. The van der Waals surface area contributed by atoms with Gasteiger partial charge in [-0.1, -0.05) is 0 Å². The summed E-state index contributed by atoms with van der Waals surface area (Å²) in [4.78, 5) is 7.15. The topological polar surface area (TPSA) is 28.2 Å². The van der Waals surface area contributed by atoms with E-state index < -0.39 is 0 Å². The Labute approximate surface area is 101 Å². The SMILES string of the molecule is Cc1csc(N2CC3CNCC3C2(C)C)n1. The van der Waals surface area contributed by atoms with Gasteiger partial charge in [0.05, 0.1) is 5.69 Å². The molecule has 88 valence electrons. The van der Waals surface area contributed by atoms with Crippen LogP contribution in [0.25, 0.3) is 0 Å². The fourth-order valence-corrected chi connectivity index (χ4v) is 4.17. The van der Waals surface area contributed by atoms with Crippen LogP contribution < -0.4 is 10.2 Å². The molecule has 2 fully saturated rings. The molecule has 0 saturated carbocycles. The Morgan fingerprint density at radius 2 is 2.31 bits per heavy atom. The average Bonchev–Trinajstić information content (AvgIpc) is 2.85. The third-order valence-electron chi connectivity index (χ3n) is 4.20. The van der Waals surface area contributed by atoms with Crippen molar-refractivity contribution in [2.75, 3.05) is 24.5 Å². The molecule has 2 aliphatic rings. The van der Waals surface area contributed by atoms with E-state index in [1.807, 2.05) is 0 Å². The van der Waals surface area contributed by atoms with Crippen LogP contribution in [0.5, 0.6) is 0 Å². The Balaban J connectivity index is 1.92. The Morgan fingerprint density at radius 3 is 2.94 bits per heavy atom. The Kier molecular flexibility index (Phi) is 2.27. The highest BCUT2D eigenvalue weighted by molar-refractivity contribution is 7.13. The molecular weight excluding hydrogens is 218 g/mol. The molecule has 2 saturated heterocycles. The number of rotatable bonds is 1. The van der Waals surface area contributed by atoms with E-state index in [0.29, 0.717) is 0 Å². The van der Waals surface area contributed by atoms with Crippen molar-refractivity contribution in [1.82, 2.24) is 10.3 Å². The molecule has 3 nitrogen and oxygen atoms in total. The Bertz CT molecular complexity index is 399. The normalized spacial score (nSPS) is 32.1. The van der Waals surface area contributed by atoms with Crippen molar-refractivity contribution in [2.24, 2.45) is 11.8 Å². The first-order valence-corrected chi connectivity index (χ1v) is 6.87. The van der Waals surface area contributed by atoms with Gasteiger partial charge in [0.1, 0.15) is 0 Å². The molecule has 0 amide bonds. The predicted octanol–water partition coefficient (Wildman–Crippen LogP) is 1.89. The van der Waals surface area contributed by atoms with Crippen molar-refractivity contribution in [1.29, 1.82) is 0 Å². The van der Waals surface area contributed by atoms with E-state index in [2.05, 4.69) is 41.4 Å². The molecule has 1 aromatic heterocycles. The van der Waals surface area contributed by atoms with Gasteiger partial charge >= 0.3 is 0 Å².